The third-order valence-corrected chi connectivity index (χ3v) is 4.16. The summed E-state index contributed by atoms with van der Waals surface area (Å²) in [5.74, 6) is 0.0465. The van der Waals surface area contributed by atoms with Gasteiger partial charge in [-0.25, -0.2) is 4.68 Å². The summed E-state index contributed by atoms with van der Waals surface area (Å²) in [6.45, 7) is 4.48. The van der Waals surface area contributed by atoms with Gasteiger partial charge in [0.05, 0.1) is 17.4 Å². The van der Waals surface area contributed by atoms with Crippen molar-refractivity contribution in [2.24, 2.45) is 0 Å². The highest BCUT2D eigenvalue weighted by Gasteiger charge is 2.24. The summed E-state index contributed by atoms with van der Waals surface area (Å²) < 4.78 is 2.71. The van der Waals surface area contributed by atoms with Gasteiger partial charge in [0.2, 0.25) is 0 Å². The first-order chi connectivity index (χ1) is 10.1. The molecule has 3 rings (SSSR count). The van der Waals surface area contributed by atoms with Crippen molar-refractivity contribution in [3.8, 4) is 5.69 Å². The van der Waals surface area contributed by atoms with E-state index in [-0.39, 0.29) is 24.4 Å². The van der Waals surface area contributed by atoms with E-state index in [4.69, 9.17) is 0 Å². The minimum Gasteiger partial charge on any atom is -0.333 e. The van der Waals surface area contributed by atoms with Gasteiger partial charge in [0, 0.05) is 36.3 Å². The van der Waals surface area contributed by atoms with Crippen molar-refractivity contribution >= 4 is 34.2 Å². The van der Waals surface area contributed by atoms with Crippen LogP contribution in [0.4, 0.5) is 0 Å². The quantitative estimate of drug-likeness (QED) is 0.864. The van der Waals surface area contributed by atoms with Crippen LogP contribution in [0.25, 0.3) is 5.69 Å². The molecule has 2 aromatic rings. The predicted molar refractivity (Wildman–Crippen MR) is 91.9 cm³/mol. The van der Waals surface area contributed by atoms with Gasteiger partial charge >= 0.3 is 0 Å². The third kappa shape index (κ3) is 3.51. The maximum Gasteiger partial charge on any atom is 0.257 e. The summed E-state index contributed by atoms with van der Waals surface area (Å²) in [7, 11) is 0. The lowest BCUT2D eigenvalue weighted by atomic mass is 10.2. The lowest BCUT2D eigenvalue weighted by molar-refractivity contribution is 0.0656. The third-order valence-electron chi connectivity index (χ3n) is 3.66. The highest BCUT2D eigenvalue weighted by atomic mass is 79.9. The first-order valence-electron chi connectivity index (χ1n) is 6.97. The van der Waals surface area contributed by atoms with Crippen LogP contribution in [0.5, 0.6) is 0 Å². The minimum absolute atomic E-state index is 0. The Kier molecular flexibility index (Phi) is 5.61. The molecular formula is C15H18BrClN4O. The van der Waals surface area contributed by atoms with E-state index in [9.17, 15) is 4.79 Å². The number of carbonyl (C=O) groups excluding carboxylic acids is 1. The Hall–Kier alpha value is -1.37. The van der Waals surface area contributed by atoms with Gasteiger partial charge in [-0.05, 0) is 25.1 Å². The molecule has 1 N–H and O–H groups in total. The summed E-state index contributed by atoms with van der Waals surface area (Å²) in [6.07, 6.45) is 3.43. The number of halogens is 2. The topological polar surface area (TPSA) is 50.2 Å². The molecule has 1 fully saturated rings. The molecule has 1 atom stereocenters. The summed E-state index contributed by atoms with van der Waals surface area (Å²) in [6, 6.07) is 8.04. The van der Waals surface area contributed by atoms with Crippen LogP contribution in [0.1, 0.15) is 17.3 Å². The average Bonchev–Trinajstić information content (AvgIpc) is 2.97. The number of hydrogen-bond acceptors (Lipinski definition) is 3. The number of rotatable bonds is 2. The highest BCUT2D eigenvalue weighted by molar-refractivity contribution is 9.10. The van der Waals surface area contributed by atoms with Gasteiger partial charge in [-0.3, -0.25) is 4.79 Å². The van der Waals surface area contributed by atoms with E-state index >= 15 is 0 Å². The Bertz CT molecular complexity index is 660. The molecule has 1 aliphatic rings. The first kappa shape index (κ1) is 17.0. The lowest BCUT2D eigenvalue weighted by Gasteiger charge is -2.33. The maximum atomic E-state index is 12.6. The fraction of sp³-hybridized carbons (Fsp3) is 0.333. The van der Waals surface area contributed by atoms with Crippen molar-refractivity contribution in [1.82, 2.24) is 20.0 Å². The molecule has 118 valence electrons. The summed E-state index contributed by atoms with van der Waals surface area (Å²) in [4.78, 5) is 14.5. The molecule has 0 aliphatic carbocycles. The van der Waals surface area contributed by atoms with Crippen LogP contribution >= 0.6 is 28.3 Å². The van der Waals surface area contributed by atoms with Crippen molar-refractivity contribution < 1.29 is 4.79 Å². The van der Waals surface area contributed by atoms with Crippen LogP contribution in [-0.4, -0.2) is 46.3 Å². The van der Waals surface area contributed by atoms with Crippen LogP contribution in [0.15, 0.2) is 41.1 Å². The molecule has 1 amide bonds. The SMILES string of the molecule is C[C@H]1CNCCN1C(=O)c1cnn(-c2cccc(Br)c2)c1.Cl. The predicted octanol–water partition coefficient (Wildman–Crippen LogP) is 2.49. The number of nitrogens with one attached hydrogen (secondary N) is 1. The molecule has 0 radical (unpaired) electrons. The van der Waals surface area contributed by atoms with Crippen LogP contribution in [-0.2, 0) is 0 Å². The summed E-state index contributed by atoms with van der Waals surface area (Å²) in [5.41, 5.74) is 1.56. The van der Waals surface area contributed by atoms with E-state index < -0.39 is 0 Å². The van der Waals surface area contributed by atoms with Gasteiger partial charge < -0.3 is 10.2 Å². The molecule has 1 aromatic heterocycles. The second-order valence-electron chi connectivity index (χ2n) is 5.21. The Balaban J connectivity index is 0.00000176. The number of benzene rings is 1. The van der Waals surface area contributed by atoms with Gasteiger partial charge in [0.1, 0.15) is 0 Å². The molecule has 5 nitrogen and oxygen atoms in total. The normalized spacial score (nSPS) is 17.9. The molecule has 7 heteroatoms. The number of amides is 1. The lowest BCUT2D eigenvalue weighted by Crippen LogP contribution is -2.52. The minimum atomic E-state index is 0. The Morgan fingerprint density at radius 1 is 1.45 bits per heavy atom. The van der Waals surface area contributed by atoms with Crippen LogP contribution in [0.2, 0.25) is 0 Å². The largest absolute Gasteiger partial charge is 0.333 e. The van der Waals surface area contributed by atoms with Crippen molar-refractivity contribution in [2.75, 3.05) is 19.6 Å². The van der Waals surface area contributed by atoms with Crippen LogP contribution in [0.3, 0.4) is 0 Å². The zero-order chi connectivity index (χ0) is 14.8. The number of piperazine rings is 1. The number of hydrogen-bond donors (Lipinski definition) is 1. The van der Waals surface area contributed by atoms with E-state index in [1.54, 1.807) is 17.1 Å². The molecule has 0 unspecified atom stereocenters. The zero-order valence-electron chi connectivity index (χ0n) is 12.2. The number of aromatic nitrogens is 2. The second kappa shape index (κ2) is 7.26. The molecule has 0 saturated carbocycles. The smallest absolute Gasteiger partial charge is 0.257 e. The average molecular weight is 386 g/mol. The van der Waals surface area contributed by atoms with Crippen molar-refractivity contribution in [2.45, 2.75) is 13.0 Å². The Morgan fingerprint density at radius 3 is 3.00 bits per heavy atom. The maximum absolute atomic E-state index is 12.6. The van der Waals surface area contributed by atoms with E-state index in [1.165, 1.54) is 0 Å². The van der Waals surface area contributed by atoms with Gasteiger partial charge in [-0.1, -0.05) is 22.0 Å². The van der Waals surface area contributed by atoms with Gasteiger partial charge in [-0.15, -0.1) is 12.4 Å². The standard InChI is InChI=1S/C15H17BrN4O.ClH/c1-11-8-17-5-6-19(11)15(21)12-9-18-20(10-12)14-4-2-3-13(16)7-14;/h2-4,7,9-11,17H,5-6,8H2,1H3;1H/t11-;/m0./s1. The van der Waals surface area contributed by atoms with E-state index in [0.717, 1.165) is 29.8 Å². The molecular weight excluding hydrogens is 368 g/mol. The van der Waals surface area contributed by atoms with Gasteiger partial charge in [0.25, 0.3) is 5.91 Å². The van der Waals surface area contributed by atoms with Crippen molar-refractivity contribution in [1.29, 1.82) is 0 Å². The second-order valence-corrected chi connectivity index (χ2v) is 6.12. The van der Waals surface area contributed by atoms with E-state index in [2.05, 4.69) is 33.3 Å². The van der Waals surface area contributed by atoms with Crippen molar-refractivity contribution in [3.05, 3.63) is 46.7 Å². The Morgan fingerprint density at radius 2 is 2.27 bits per heavy atom. The fourth-order valence-corrected chi connectivity index (χ4v) is 2.89. The Labute approximate surface area is 144 Å². The summed E-state index contributed by atoms with van der Waals surface area (Å²) >= 11 is 3.44. The van der Waals surface area contributed by atoms with E-state index in [0.29, 0.717) is 5.56 Å². The molecule has 1 aromatic carbocycles. The van der Waals surface area contributed by atoms with Crippen LogP contribution in [0, 0.1) is 0 Å². The van der Waals surface area contributed by atoms with Crippen LogP contribution < -0.4 is 5.32 Å². The fourth-order valence-electron chi connectivity index (χ4n) is 2.50. The molecule has 0 bridgehead atoms. The van der Waals surface area contributed by atoms with Gasteiger partial charge in [0.15, 0.2) is 0 Å². The van der Waals surface area contributed by atoms with Gasteiger partial charge in [-0.2, -0.15) is 5.10 Å². The zero-order valence-corrected chi connectivity index (χ0v) is 14.6. The van der Waals surface area contributed by atoms with Crippen molar-refractivity contribution in [3.63, 3.8) is 0 Å². The molecule has 0 spiro atoms. The number of carbonyl (C=O) groups is 1. The molecule has 22 heavy (non-hydrogen) atoms. The molecule has 1 saturated heterocycles. The van der Waals surface area contributed by atoms with E-state index in [1.807, 2.05) is 29.2 Å². The molecule has 1 aliphatic heterocycles. The first-order valence-corrected chi connectivity index (χ1v) is 7.77. The number of nitrogens with zero attached hydrogens (tertiary/aromatic N) is 3. The summed E-state index contributed by atoms with van der Waals surface area (Å²) in [5, 5.41) is 7.59. The molecule has 2 heterocycles. The monoisotopic (exact) mass is 384 g/mol. The highest BCUT2D eigenvalue weighted by Crippen LogP contribution is 2.16.